The molecular weight excluding hydrogens is 328 g/mol. The zero-order valence-corrected chi connectivity index (χ0v) is 15.5. The Morgan fingerprint density at radius 2 is 1.62 bits per heavy atom. The van der Waals surface area contributed by atoms with Crippen LogP contribution in [0.2, 0.25) is 0 Å². The average molecular weight is 354 g/mol. The van der Waals surface area contributed by atoms with Crippen molar-refractivity contribution in [3.8, 4) is 5.75 Å². The second-order valence-electron chi connectivity index (χ2n) is 6.46. The van der Waals surface area contributed by atoms with E-state index in [1.54, 1.807) is 42.5 Å². The molecule has 0 saturated heterocycles. The fourth-order valence-electron chi connectivity index (χ4n) is 2.35. The van der Waals surface area contributed by atoms with Crippen LogP contribution in [0.3, 0.4) is 0 Å². The highest BCUT2D eigenvalue weighted by molar-refractivity contribution is 6.10. The number of anilines is 1. The molecule has 2 aromatic rings. The van der Waals surface area contributed by atoms with E-state index in [9.17, 15) is 9.59 Å². The number of carbonyl (C=O) groups excluding carboxylic acids is 2. The van der Waals surface area contributed by atoms with Crippen molar-refractivity contribution in [2.45, 2.75) is 27.2 Å². The third kappa shape index (κ3) is 5.34. The summed E-state index contributed by atoms with van der Waals surface area (Å²) >= 11 is 0. The van der Waals surface area contributed by atoms with Crippen LogP contribution in [-0.2, 0) is 0 Å². The van der Waals surface area contributed by atoms with Crippen molar-refractivity contribution < 1.29 is 14.3 Å². The number of amides is 2. The van der Waals surface area contributed by atoms with Crippen LogP contribution in [0.25, 0.3) is 0 Å². The quantitative estimate of drug-likeness (QED) is 0.749. The summed E-state index contributed by atoms with van der Waals surface area (Å²) in [7, 11) is 0. The Hall–Kier alpha value is -2.82. The van der Waals surface area contributed by atoms with Crippen LogP contribution in [0, 0.1) is 5.92 Å². The van der Waals surface area contributed by atoms with Gasteiger partial charge in [0, 0.05) is 6.54 Å². The number of rotatable bonds is 8. The van der Waals surface area contributed by atoms with Gasteiger partial charge in [-0.1, -0.05) is 45.0 Å². The molecule has 0 heterocycles. The summed E-state index contributed by atoms with van der Waals surface area (Å²) in [4.78, 5) is 25.0. The zero-order valence-electron chi connectivity index (χ0n) is 15.5. The first-order valence-electron chi connectivity index (χ1n) is 8.93. The summed E-state index contributed by atoms with van der Waals surface area (Å²) in [6.45, 7) is 7.21. The van der Waals surface area contributed by atoms with E-state index in [0.717, 1.165) is 6.42 Å². The third-order valence-corrected chi connectivity index (χ3v) is 3.66. The van der Waals surface area contributed by atoms with Crippen LogP contribution in [0.1, 0.15) is 47.9 Å². The van der Waals surface area contributed by atoms with Crippen molar-refractivity contribution in [1.82, 2.24) is 5.32 Å². The molecule has 5 heteroatoms. The summed E-state index contributed by atoms with van der Waals surface area (Å²) in [6.07, 6.45) is 0.848. The minimum absolute atomic E-state index is 0.202. The van der Waals surface area contributed by atoms with E-state index in [0.29, 0.717) is 41.6 Å². The molecule has 2 aromatic carbocycles. The van der Waals surface area contributed by atoms with E-state index in [1.165, 1.54) is 0 Å². The minimum atomic E-state index is -0.305. The molecule has 2 rings (SSSR count). The predicted octanol–water partition coefficient (Wildman–Crippen LogP) is 4.11. The molecule has 0 atom stereocenters. The first-order valence-corrected chi connectivity index (χ1v) is 8.93. The number of nitrogens with one attached hydrogen (secondary N) is 2. The minimum Gasteiger partial charge on any atom is -0.492 e. The lowest BCUT2D eigenvalue weighted by molar-refractivity contribution is 0.0954. The molecule has 0 spiro atoms. The van der Waals surface area contributed by atoms with Gasteiger partial charge in [0.2, 0.25) is 0 Å². The lowest BCUT2D eigenvalue weighted by Gasteiger charge is -2.14. The van der Waals surface area contributed by atoms with Crippen molar-refractivity contribution in [3.63, 3.8) is 0 Å². The molecular formula is C21H26N2O3. The summed E-state index contributed by atoms with van der Waals surface area (Å²) < 4.78 is 5.75. The van der Waals surface area contributed by atoms with Crippen LogP contribution < -0.4 is 15.4 Å². The van der Waals surface area contributed by atoms with Gasteiger partial charge in [0.1, 0.15) is 5.75 Å². The number of hydrogen-bond donors (Lipinski definition) is 2. The molecule has 5 nitrogen and oxygen atoms in total. The highest BCUT2D eigenvalue weighted by Gasteiger charge is 2.16. The maximum atomic E-state index is 12.7. The Kier molecular flexibility index (Phi) is 7.21. The molecule has 0 bridgehead atoms. The molecule has 138 valence electrons. The lowest BCUT2D eigenvalue weighted by Crippen LogP contribution is -2.26. The van der Waals surface area contributed by atoms with Gasteiger partial charge in [-0.05, 0) is 36.6 Å². The molecule has 26 heavy (non-hydrogen) atoms. The van der Waals surface area contributed by atoms with E-state index >= 15 is 0 Å². The van der Waals surface area contributed by atoms with Gasteiger partial charge in [0.15, 0.2) is 0 Å². The Morgan fingerprint density at radius 1 is 0.962 bits per heavy atom. The fourth-order valence-corrected chi connectivity index (χ4v) is 2.35. The van der Waals surface area contributed by atoms with Crippen LogP contribution in [0.4, 0.5) is 5.69 Å². The van der Waals surface area contributed by atoms with Gasteiger partial charge in [0.25, 0.3) is 11.8 Å². The first-order chi connectivity index (χ1) is 12.5. The summed E-state index contributed by atoms with van der Waals surface area (Å²) in [5, 5.41) is 5.66. The van der Waals surface area contributed by atoms with E-state index < -0.39 is 0 Å². The number of ether oxygens (including phenoxy) is 1. The molecule has 0 fully saturated rings. The smallest absolute Gasteiger partial charge is 0.259 e. The SMILES string of the molecule is CCCNC(=O)c1ccccc1NC(=O)c1ccccc1OCC(C)C. The maximum absolute atomic E-state index is 12.7. The van der Waals surface area contributed by atoms with E-state index in [-0.39, 0.29) is 11.8 Å². The third-order valence-electron chi connectivity index (χ3n) is 3.66. The van der Waals surface area contributed by atoms with E-state index in [4.69, 9.17) is 4.74 Å². The number of hydrogen-bond acceptors (Lipinski definition) is 3. The Balaban J connectivity index is 2.19. The average Bonchev–Trinajstić information content (AvgIpc) is 2.65. The molecule has 0 saturated carbocycles. The normalized spacial score (nSPS) is 10.5. The van der Waals surface area contributed by atoms with Crippen molar-refractivity contribution in [1.29, 1.82) is 0 Å². The first kappa shape index (κ1) is 19.5. The van der Waals surface area contributed by atoms with Gasteiger partial charge in [-0.3, -0.25) is 9.59 Å². The Bertz CT molecular complexity index is 756. The monoisotopic (exact) mass is 354 g/mol. The van der Waals surface area contributed by atoms with Crippen molar-refractivity contribution in [2.24, 2.45) is 5.92 Å². The van der Waals surface area contributed by atoms with Crippen LogP contribution in [-0.4, -0.2) is 25.0 Å². The molecule has 0 unspecified atom stereocenters. The van der Waals surface area contributed by atoms with Crippen LogP contribution in [0.5, 0.6) is 5.75 Å². The molecule has 2 amide bonds. The molecule has 0 aromatic heterocycles. The van der Waals surface area contributed by atoms with E-state index in [1.807, 2.05) is 26.8 Å². The number of carbonyl (C=O) groups is 2. The van der Waals surface area contributed by atoms with Crippen molar-refractivity contribution in [2.75, 3.05) is 18.5 Å². The van der Waals surface area contributed by atoms with Crippen LogP contribution in [0.15, 0.2) is 48.5 Å². The van der Waals surface area contributed by atoms with Gasteiger partial charge in [-0.15, -0.1) is 0 Å². The molecule has 0 radical (unpaired) electrons. The zero-order chi connectivity index (χ0) is 18.9. The number of para-hydroxylation sites is 2. The summed E-state index contributed by atoms with van der Waals surface area (Å²) in [5.74, 6) is 0.382. The van der Waals surface area contributed by atoms with Gasteiger partial charge in [-0.2, -0.15) is 0 Å². The molecule has 2 N–H and O–H groups in total. The number of benzene rings is 2. The van der Waals surface area contributed by atoms with Crippen LogP contribution >= 0.6 is 0 Å². The predicted molar refractivity (Wildman–Crippen MR) is 104 cm³/mol. The van der Waals surface area contributed by atoms with Crippen molar-refractivity contribution in [3.05, 3.63) is 59.7 Å². The molecule has 0 aliphatic carbocycles. The van der Waals surface area contributed by atoms with Gasteiger partial charge in [0.05, 0.1) is 23.4 Å². The Morgan fingerprint density at radius 3 is 2.31 bits per heavy atom. The van der Waals surface area contributed by atoms with Crippen molar-refractivity contribution >= 4 is 17.5 Å². The standard InChI is InChI=1S/C21H26N2O3/c1-4-13-22-20(24)16-9-5-7-11-18(16)23-21(25)17-10-6-8-12-19(17)26-14-15(2)3/h5-12,15H,4,13-14H2,1-3H3,(H,22,24)(H,23,25). The summed E-state index contributed by atoms with van der Waals surface area (Å²) in [6, 6.07) is 14.1. The maximum Gasteiger partial charge on any atom is 0.259 e. The topological polar surface area (TPSA) is 67.4 Å². The molecule has 0 aliphatic rings. The van der Waals surface area contributed by atoms with Gasteiger partial charge < -0.3 is 15.4 Å². The Labute approximate surface area is 154 Å². The highest BCUT2D eigenvalue weighted by Crippen LogP contribution is 2.22. The molecule has 0 aliphatic heterocycles. The largest absolute Gasteiger partial charge is 0.492 e. The fraction of sp³-hybridized carbons (Fsp3) is 0.333. The van der Waals surface area contributed by atoms with Gasteiger partial charge in [-0.25, -0.2) is 0 Å². The second-order valence-corrected chi connectivity index (χ2v) is 6.46. The summed E-state index contributed by atoms with van der Waals surface area (Å²) in [5.41, 5.74) is 1.36. The van der Waals surface area contributed by atoms with Gasteiger partial charge >= 0.3 is 0 Å². The lowest BCUT2D eigenvalue weighted by atomic mass is 10.1. The highest BCUT2D eigenvalue weighted by atomic mass is 16.5. The second kappa shape index (κ2) is 9.61. The van der Waals surface area contributed by atoms with E-state index in [2.05, 4.69) is 10.6 Å².